The van der Waals surface area contributed by atoms with Crippen molar-refractivity contribution in [2.75, 3.05) is 13.2 Å². The van der Waals surface area contributed by atoms with Crippen molar-refractivity contribution in [1.82, 2.24) is 5.48 Å². The highest BCUT2D eigenvalue weighted by Gasteiger charge is 1.74. The van der Waals surface area contributed by atoms with E-state index in [0.717, 1.165) is 0 Å². The Morgan fingerprint density at radius 3 is 3.00 bits per heavy atom. The average Bonchev–Trinajstić information content (AvgIpc) is 1.69. The molecule has 0 aromatic heterocycles. The van der Waals surface area contributed by atoms with Crippen LogP contribution < -0.4 is 5.48 Å². The van der Waals surface area contributed by atoms with Crippen LogP contribution in [0.1, 0.15) is 0 Å². The molecule has 3 nitrogen and oxygen atoms in total. The summed E-state index contributed by atoms with van der Waals surface area (Å²) in [6.45, 7) is 3.64. The summed E-state index contributed by atoms with van der Waals surface area (Å²) < 4.78 is 0. The molecule has 0 atom stereocenters. The van der Waals surface area contributed by atoms with Crippen LogP contribution in [0.5, 0.6) is 0 Å². The standard InChI is InChI=1S/C4H9NO2/c1-2-5-7-4-3-6/h2,5-6H,1,3-4H2. The molecule has 0 bridgehead atoms. The topological polar surface area (TPSA) is 41.5 Å². The third-order valence-electron chi connectivity index (χ3n) is 0.360. The summed E-state index contributed by atoms with van der Waals surface area (Å²) in [5.74, 6) is 0. The molecule has 0 aromatic rings. The van der Waals surface area contributed by atoms with Crippen LogP contribution in [0, 0.1) is 0 Å². The van der Waals surface area contributed by atoms with Crippen molar-refractivity contribution in [2.24, 2.45) is 0 Å². The highest BCUT2D eigenvalue weighted by molar-refractivity contribution is 4.52. The average molecular weight is 103 g/mol. The van der Waals surface area contributed by atoms with Crippen LogP contribution in [-0.4, -0.2) is 18.3 Å². The minimum Gasteiger partial charge on any atom is -0.394 e. The van der Waals surface area contributed by atoms with Gasteiger partial charge < -0.3 is 5.11 Å². The Hall–Kier alpha value is -0.540. The lowest BCUT2D eigenvalue weighted by atomic mass is 10.8. The van der Waals surface area contributed by atoms with E-state index in [1.807, 2.05) is 0 Å². The van der Waals surface area contributed by atoms with Gasteiger partial charge in [-0.1, -0.05) is 6.58 Å². The third kappa shape index (κ3) is 5.46. The molecule has 0 rings (SSSR count). The number of aliphatic hydroxyl groups excluding tert-OH is 1. The SMILES string of the molecule is C=CNOCCO. The number of hydroxylamine groups is 1. The van der Waals surface area contributed by atoms with Gasteiger partial charge in [0.15, 0.2) is 0 Å². The maximum Gasteiger partial charge on any atom is 0.0976 e. The zero-order valence-corrected chi connectivity index (χ0v) is 4.05. The number of hydrogen-bond donors (Lipinski definition) is 2. The Morgan fingerprint density at radius 1 is 1.86 bits per heavy atom. The van der Waals surface area contributed by atoms with Gasteiger partial charge in [0.05, 0.1) is 13.2 Å². The van der Waals surface area contributed by atoms with Gasteiger partial charge in [-0.3, -0.25) is 10.3 Å². The van der Waals surface area contributed by atoms with Gasteiger partial charge in [-0.05, 0) is 0 Å². The number of aliphatic hydroxyl groups is 1. The zero-order valence-electron chi connectivity index (χ0n) is 4.05. The fraction of sp³-hybridized carbons (Fsp3) is 0.500. The number of nitrogens with one attached hydrogen (secondary N) is 1. The van der Waals surface area contributed by atoms with Crippen molar-refractivity contribution >= 4 is 0 Å². The molecule has 0 unspecified atom stereocenters. The summed E-state index contributed by atoms with van der Waals surface area (Å²) in [6.07, 6.45) is 1.40. The molecule has 0 aromatic carbocycles. The molecule has 0 saturated carbocycles. The molecule has 0 aliphatic carbocycles. The van der Waals surface area contributed by atoms with Crippen LogP contribution in [0.15, 0.2) is 12.8 Å². The van der Waals surface area contributed by atoms with Gasteiger partial charge in [-0.25, -0.2) is 0 Å². The van der Waals surface area contributed by atoms with E-state index >= 15 is 0 Å². The van der Waals surface area contributed by atoms with Crippen LogP contribution >= 0.6 is 0 Å². The van der Waals surface area contributed by atoms with Crippen molar-refractivity contribution in [3.63, 3.8) is 0 Å². The van der Waals surface area contributed by atoms with Gasteiger partial charge in [0.1, 0.15) is 0 Å². The summed E-state index contributed by atoms with van der Waals surface area (Å²) in [5, 5.41) is 8.09. The first-order valence-corrected chi connectivity index (χ1v) is 2.01. The lowest BCUT2D eigenvalue weighted by Gasteiger charge is -1.95. The predicted molar refractivity (Wildman–Crippen MR) is 26.4 cm³/mol. The lowest BCUT2D eigenvalue weighted by Crippen LogP contribution is -2.09. The van der Waals surface area contributed by atoms with Crippen LogP contribution in [0.4, 0.5) is 0 Å². The van der Waals surface area contributed by atoms with E-state index in [0.29, 0.717) is 6.61 Å². The minimum absolute atomic E-state index is 0.0286. The van der Waals surface area contributed by atoms with Crippen molar-refractivity contribution in [2.45, 2.75) is 0 Å². The summed E-state index contributed by atoms with van der Waals surface area (Å²) in [5.41, 5.74) is 2.35. The van der Waals surface area contributed by atoms with Gasteiger partial charge in [0, 0.05) is 6.20 Å². The van der Waals surface area contributed by atoms with Crippen molar-refractivity contribution in [3.8, 4) is 0 Å². The predicted octanol–water partition coefficient (Wildman–Crippen LogP) is -0.357. The largest absolute Gasteiger partial charge is 0.394 e. The van der Waals surface area contributed by atoms with Crippen LogP contribution in [-0.2, 0) is 4.84 Å². The second kappa shape index (κ2) is 5.46. The lowest BCUT2D eigenvalue weighted by molar-refractivity contribution is 0.0425. The Morgan fingerprint density at radius 2 is 2.57 bits per heavy atom. The molecule has 0 saturated heterocycles. The summed E-state index contributed by atoms with van der Waals surface area (Å²) in [4.78, 5) is 4.51. The van der Waals surface area contributed by atoms with Crippen molar-refractivity contribution in [3.05, 3.63) is 12.8 Å². The van der Waals surface area contributed by atoms with E-state index in [-0.39, 0.29) is 6.61 Å². The van der Waals surface area contributed by atoms with E-state index in [1.54, 1.807) is 0 Å². The zero-order chi connectivity index (χ0) is 5.54. The molecule has 0 aliphatic heterocycles. The molecule has 0 heterocycles. The fourth-order valence-corrected chi connectivity index (χ4v) is 0.163. The molecule has 7 heavy (non-hydrogen) atoms. The van der Waals surface area contributed by atoms with Gasteiger partial charge >= 0.3 is 0 Å². The Kier molecular flexibility index (Phi) is 5.04. The van der Waals surface area contributed by atoms with E-state index in [1.165, 1.54) is 6.20 Å². The number of rotatable bonds is 4. The van der Waals surface area contributed by atoms with Crippen LogP contribution in [0.3, 0.4) is 0 Å². The molecule has 2 N–H and O–H groups in total. The van der Waals surface area contributed by atoms with E-state index < -0.39 is 0 Å². The smallest absolute Gasteiger partial charge is 0.0976 e. The van der Waals surface area contributed by atoms with Gasteiger partial charge in [0.2, 0.25) is 0 Å². The summed E-state index contributed by atoms with van der Waals surface area (Å²) >= 11 is 0. The molecular weight excluding hydrogens is 94.0 g/mol. The Bertz CT molecular complexity index is 47.0. The maximum atomic E-state index is 8.09. The van der Waals surface area contributed by atoms with Crippen molar-refractivity contribution in [1.29, 1.82) is 0 Å². The monoisotopic (exact) mass is 103 g/mol. The molecule has 3 heteroatoms. The van der Waals surface area contributed by atoms with E-state index in [4.69, 9.17) is 5.11 Å². The fourth-order valence-electron chi connectivity index (χ4n) is 0.163. The molecular formula is C4H9NO2. The molecule has 0 fully saturated rings. The first-order chi connectivity index (χ1) is 3.41. The second-order valence-electron chi connectivity index (χ2n) is 0.894. The summed E-state index contributed by atoms with van der Waals surface area (Å²) in [7, 11) is 0. The normalized spacial score (nSPS) is 8.14. The molecule has 0 spiro atoms. The molecule has 0 amide bonds. The minimum atomic E-state index is 0.0286. The van der Waals surface area contributed by atoms with Crippen LogP contribution in [0.2, 0.25) is 0 Å². The first kappa shape index (κ1) is 6.46. The Balaban J connectivity index is 2.56. The highest BCUT2D eigenvalue weighted by Crippen LogP contribution is 1.61. The van der Waals surface area contributed by atoms with E-state index in [9.17, 15) is 0 Å². The van der Waals surface area contributed by atoms with Crippen molar-refractivity contribution < 1.29 is 9.94 Å². The van der Waals surface area contributed by atoms with Crippen LogP contribution in [0.25, 0.3) is 0 Å². The first-order valence-electron chi connectivity index (χ1n) is 2.01. The molecule has 42 valence electrons. The number of hydrogen-bond acceptors (Lipinski definition) is 3. The highest BCUT2D eigenvalue weighted by atomic mass is 16.6. The van der Waals surface area contributed by atoms with E-state index in [2.05, 4.69) is 16.9 Å². The Labute approximate surface area is 42.6 Å². The summed E-state index contributed by atoms with van der Waals surface area (Å²) in [6, 6.07) is 0. The second-order valence-corrected chi connectivity index (χ2v) is 0.894. The van der Waals surface area contributed by atoms with Gasteiger partial charge in [0.25, 0.3) is 0 Å². The molecule has 0 aliphatic rings. The molecule has 0 radical (unpaired) electrons. The quantitative estimate of drug-likeness (QED) is 0.377. The maximum absolute atomic E-state index is 8.09. The van der Waals surface area contributed by atoms with Gasteiger partial charge in [-0.2, -0.15) is 0 Å². The van der Waals surface area contributed by atoms with Gasteiger partial charge in [-0.15, -0.1) is 0 Å². The third-order valence-corrected chi connectivity index (χ3v) is 0.360.